The quantitative estimate of drug-likeness (QED) is 0.341. The second-order valence-corrected chi connectivity index (χ2v) is 13.5. The molecule has 1 aliphatic carbocycles. The summed E-state index contributed by atoms with van der Waals surface area (Å²) in [5, 5.41) is 10.6. The fraction of sp³-hybridized carbons (Fsp3) is 1.00. The molecule has 27 heavy (non-hydrogen) atoms. The molecular formula is C17H39NO7Si2. The second kappa shape index (κ2) is 11.3. The van der Waals surface area contributed by atoms with Crippen molar-refractivity contribution < 1.29 is 31.7 Å². The maximum absolute atomic E-state index is 10.6. The Bertz CT molecular complexity index is 404. The van der Waals surface area contributed by atoms with Gasteiger partial charge in [0.25, 0.3) is 0 Å². The average Bonchev–Trinajstić information content (AvgIpc) is 2.69. The van der Waals surface area contributed by atoms with E-state index in [1.54, 1.807) is 42.7 Å². The molecule has 1 aliphatic rings. The normalized spacial score (nSPS) is 27.1. The summed E-state index contributed by atoms with van der Waals surface area (Å²) in [6, 6.07) is 1.48. The molecule has 3 atom stereocenters. The van der Waals surface area contributed by atoms with Gasteiger partial charge >= 0.3 is 17.6 Å². The summed E-state index contributed by atoms with van der Waals surface area (Å²) in [7, 11) is 4.62. The molecule has 0 saturated heterocycles. The fourth-order valence-corrected chi connectivity index (χ4v) is 7.68. The first kappa shape index (κ1) is 25.2. The molecule has 162 valence electrons. The molecule has 8 nitrogen and oxygen atoms in total. The maximum Gasteiger partial charge on any atom is 0.500 e. The van der Waals surface area contributed by atoms with Crippen LogP contribution in [0.5, 0.6) is 0 Å². The van der Waals surface area contributed by atoms with Crippen LogP contribution in [0, 0.1) is 11.8 Å². The van der Waals surface area contributed by atoms with E-state index in [-0.39, 0.29) is 5.92 Å². The minimum absolute atomic E-state index is 0.0391. The Morgan fingerprint density at radius 3 is 1.81 bits per heavy atom. The van der Waals surface area contributed by atoms with Crippen LogP contribution in [-0.4, -0.2) is 71.1 Å². The fourth-order valence-electron chi connectivity index (χ4n) is 4.05. The molecule has 0 radical (unpaired) electrons. The topological polar surface area (TPSA) is 102 Å². The molecule has 0 amide bonds. The first-order chi connectivity index (χ1) is 12.8. The number of aliphatic hydroxyl groups is 1. The molecule has 0 bridgehead atoms. The largest absolute Gasteiger partial charge is 0.500 e. The lowest BCUT2D eigenvalue weighted by Crippen LogP contribution is -2.51. The van der Waals surface area contributed by atoms with E-state index in [9.17, 15) is 5.11 Å². The Kier molecular flexibility index (Phi) is 10.6. The van der Waals surface area contributed by atoms with Crippen LogP contribution in [0.25, 0.3) is 0 Å². The molecule has 1 saturated carbocycles. The van der Waals surface area contributed by atoms with Gasteiger partial charge in [-0.3, -0.25) is 0 Å². The van der Waals surface area contributed by atoms with Crippen LogP contribution in [0.2, 0.25) is 12.1 Å². The third-order valence-electron chi connectivity index (χ3n) is 6.04. The number of hydrogen-bond acceptors (Lipinski definition) is 8. The van der Waals surface area contributed by atoms with Crippen LogP contribution in [0.4, 0.5) is 0 Å². The second-order valence-electron chi connectivity index (χ2n) is 7.35. The van der Waals surface area contributed by atoms with Crippen LogP contribution in [0.15, 0.2) is 0 Å². The van der Waals surface area contributed by atoms with Crippen LogP contribution < -0.4 is 5.73 Å². The van der Waals surface area contributed by atoms with E-state index in [4.69, 9.17) is 32.3 Å². The Morgan fingerprint density at radius 1 is 0.852 bits per heavy atom. The van der Waals surface area contributed by atoms with E-state index < -0.39 is 23.3 Å². The van der Waals surface area contributed by atoms with Crippen molar-refractivity contribution in [1.82, 2.24) is 0 Å². The highest BCUT2D eigenvalue weighted by Crippen LogP contribution is 2.40. The molecule has 0 heterocycles. The van der Waals surface area contributed by atoms with Gasteiger partial charge in [0.05, 0.1) is 0 Å². The number of hydrogen-bond donors (Lipinski definition) is 2. The molecule has 1 rings (SSSR count). The summed E-state index contributed by atoms with van der Waals surface area (Å²) in [6.07, 6.45) is 4.99. The van der Waals surface area contributed by atoms with Gasteiger partial charge in [-0.1, -0.05) is 0 Å². The van der Waals surface area contributed by atoms with Gasteiger partial charge in [-0.2, -0.15) is 0 Å². The first-order valence-electron chi connectivity index (χ1n) is 9.58. The van der Waals surface area contributed by atoms with Gasteiger partial charge in [0.2, 0.25) is 0 Å². The summed E-state index contributed by atoms with van der Waals surface area (Å²) in [6.45, 7) is 0. The highest BCUT2D eigenvalue weighted by Gasteiger charge is 2.43. The van der Waals surface area contributed by atoms with E-state index in [2.05, 4.69) is 0 Å². The van der Waals surface area contributed by atoms with Crippen molar-refractivity contribution in [2.75, 3.05) is 42.7 Å². The van der Waals surface area contributed by atoms with Crippen LogP contribution in [-0.2, 0) is 26.6 Å². The monoisotopic (exact) mass is 425 g/mol. The Labute approximate surface area is 166 Å². The minimum Gasteiger partial charge on any atom is -0.377 e. The van der Waals surface area contributed by atoms with Crippen LogP contribution in [0.3, 0.4) is 0 Å². The van der Waals surface area contributed by atoms with Gasteiger partial charge in [0, 0.05) is 60.7 Å². The van der Waals surface area contributed by atoms with E-state index in [1.165, 1.54) is 0 Å². The zero-order chi connectivity index (χ0) is 20.6. The van der Waals surface area contributed by atoms with Gasteiger partial charge in [0.1, 0.15) is 5.72 Å². The van der Waals surface area contributed by atoms with Crippen molar-refractivity contribution in [3.63, 3.8) is 0 Å². The van der Waals surface area contributed by atoms with Crippen molar-refractivity contribution in [1.29, 1.82) is 0 Å². The molecule has 0 aliphatic heterocycles. The molecule has 10 heteroatoms. The summed E-state index contributed by atoms with van der Waals surface area (Å²) in [5.41, 5.74) is 5.08. The van der Waals surface area contributed by atoms with Crippen molar-refractivity contribution in [2.24, 2.45) is 17.6 Å². The SMILES string of the molecule is CO[Si](CCCC1CC(CC[Si](OC)(OC)OC)CCC1(N)O)(OC)OC. The highest BCUT2D eigenvalue weighted by atomic mass is 28.4. The number of rotatable bonds is 13. The highest BCUT2D eigenvalue weighted by molar-refractivity contribution is 6.60. The molecule has 0 spiro atoms. The minimum atomic E-state index is -2.59. The summed E-state index contributed by atoms with van der Waals surface area (Å²) >= 11 is 0. The maximum atomic E-state index is 10.6. The third-order valence-corrected chi connectivity index (χ3v) is 11.6. The van der Waals surface area contributed by atoms with E-state index in [0.29, 0.717) is 18.4 Å². The predicted octanol–water partition coefficient (Wildman–Crippen LogP) is 1.98. The zero-order valence-electron chi connectivity index (χ0n) is 17.8. The molecule has 1 fully saturated rings. The Morgan fingerprint density at radius 2 is 1.33 bits per heavy atom. The average molecular weight is 426 g/mol. The van der Waals surface area contributed by atoms with Gasteiger partial charge in [-0.25, -0.2) is 0 Å². The Balaban J connectivity index is 2.60. The molecule has 3 N–H and O–H groups in total. The first-order valence-corrected chi connectivity index (χ1v) is 13.4. The smallest absolute Gasteiger partial charge is 0.377 e. The zero-order valence-corrected chi connectivity index (χ0v) is 19.8. The predicted molar refractivity (Wildman–Crippen MR) is 107 cm³/mol. The van der Waals surface area contributed by atoms with E-state index >= 15 is 0 Å². The van der Waals surface area contributed by atoms with Crippen molar-refractivity contribution >= 4 is 17.6 Å². The molecule has 0 aromatic heterocycles. The van der Waals surface area contributed by atoms with Crippen molar-refractivity contribution in [2.45, 2.75) is 56.3 Å². The van der Waals surface area contributed by atoms with E-state index in [0.717, 1.165) is 38.1 Å². The van der Waals surface area contributed by atoms with Gasteiger partial charge in [-0.05, 0) is 44.4 Å². The summed E-state index contributed by atoms with van der Waals surface area (Å²) in [4.78, 5) is 0. The lowest BCUT2D eigenvalue weighted by atomic mass is 9.73. The molecule has 0 aromatic rings. The van der Waals surface area contributed by atoms with Gasteiger partial charge in [0.15, 0.2) is 0 Å². The van der Waals surface area contributed by atoms with Crippen molar-refractivity contribution in [3.8, 4) is 0 Å². The van der Waals surface area contributed by atoms with Gasteiger partial charge in [-0.15, -0.1) is 0 Å². The van der Waals surface area contributed by atoms with Gasteiger partial charge < -0.3 is 37.4 Å². The Hall–Kier alpha value is 0.114. The van der Waals surface area contributed by atoms with Crippen LogP contribution >= 0.6 is 0 Å². The standard InChI is InChI=1S/C17H39NO7Si2/c1-20-26(21-2,22-3)12-7-8-16-14-15(9-11-17(16,18)19)10-13-27(23-4,24-5)25-6/h15-16,19H,7-14,18H2,1-6H3. The molecular weight excluding hydrogens is 386 g/mol. The lowest BCUT2D eigenvalue weighted by molar-refractivity contribution is -0.0613. The summed E-state index contributed by atoms with van der Waals surface area (Å²) < 4.78 is 33.0. The lowest BCUT2D eigenvalue weighted by Gasteiger charge is -2.41. The molecule has 0 aromatic carbocycles. The van der Waals surface area contributed by atoms with Crippen LogP contribution in [0.1, 0.15) is 38.5 Å². The summed E-state index contributed by atoms with van der Waals surface area (Å²) in [5.74, 6) is 0.512. The third kappa shape index (κ3) is 6.84. The number of nitrogens with two attached hydrogens (primary N) is 1. The molecule has 3 unspecified atom stereocenters. The van der Waals surface area contributed by atoms with E-state index in [1.807, 2.05) is 0 Å². The van der Waals surface area contributed by atoms with Crippen molar-refractivity contribution in [3.05, 3.63) is 0 Å².